The Morgan fingerprint density at radius 1 is 1.00 bits per heavy atom. The van der Waals surface area contributed by atoms with Gasteiger partial charge in [-0.3, -0.25) is 14.6 Å². The van der Waals surface area contributed by atoms with E-state index in [1.165, 1.54) is 28.6 Å². The SMILES string of the molecule is O=C(NCc1ccncc1)c1ccc(CN([C@@H]2CCCCNC2=O)S(=O)(=O)c2ccc(Cl)cc2)cc1. The van der Waals surface area contributed by atoms with E-state index in [0.29, 0.717) is 35.7 Å². The van der Waals surface area contributed by atoms with Crippen LogP contribution in [0.4, 0.5) is 0 Å². The molecule has 2 N–H and O–H groups in total. The third-order valence-corrected chi connectivity index (χ3v) is 8.15. The van der Waals surface area contributed by atoms with Crippen molar-refractivity contribution in [3.63, 3.8) is 0 Å². The Balaban J connectivity index is 1.55. The largest absolute Gasteiger partial charge is 0.355 e. The summed E-state index contributed by atoms with van der Waals surface area (Å²) in [6.45, 7) is 0.877. The van der Waals surface area contributed by atoms with Crippen molar-refractivity contribution < 1.29 is 18.0 Å². The summed E-state index contributed by atoms with van der Waals surface area (Å²) in [5, 5.41) is 6.10. The van der Waals surface area contributed by atoms with Gasteiger partial charge in [0, 0.05) is 42.6 Å². The van der Waals surface area contributed by atoms with Crippen molar-refractivity contribution in [1.29, 1.82) is 0 Å². The van der Waals surface area contributed by atoms with Gasteiger partial charge < -0.3 is 10.6 Å². The lowest BCUT2D eigenvalue weighted by Gasteiger charge is -2.29. The first-order chi connectivity index (χ1) is 17.3. The highest BCUT2D eigenvalue weighted by atomic mass is 35.5. The predicted molar refractivity (Wildman–Crippen MR) is 137 cm³/mol. The van der Waals surface area contributed by atoms with E-state index in [4.69, 9.17) is 11.6 Å². The van der Waals surface area contributed by atoms with Gasteiger partial charge in [-0.15, -0.1) is 0 Å². The quantitative estimate of drug-likeness (QED) is 0.467. The van der Waals surface area contributed by atoms with Crippen LogP contribution in [0.3, 0.4) is 0 Å². The molecule has 0 radical (unpaired) electrons. The van der Waals surface area contributed by atoms with Crippen LogP contribution in [-0.4, -0.2) is 42.1 Å². The zero-order chi connectivity index (χ0) is 25.5. The molecule has 188 valence electrons. The molecule has 0 spiro atoms. The summed E-state index contributed by atoms with van der Waals surface area (Å²) in [6, 6.07) is 15.4. The van der Waals surface area contributed by atoms with E-state index in [-0.39, 0.29) is 23.3 Å². The number of pyridine rings is 1. The fourth-order valence-electron chi connectivity index (χ4n) is 4.03. The van der Waals surface area contributed by atoms with Crippen molar-refractivity contribution in [1.82, 2.24) is 19.9 Å². The highest BCUT2D eigenvalue weighted by Gasteiger charge is 2.36. The Morgan fingerprint density at radius 2 is 1.69 bits per heavy atom. The van der Waals surface area contributed by atoms with Crippen molar-refractivity contribution >= 4 is 33.4 Å². The van der Waals surface area contributed by atoms with Gasteiger partial charge in [-0.1, -0.05) is 23.7 Å². The Kier molecular flexibility index (Phi) is 8.35. The van der Waals surface area contributed by atoms with E-state index in [2.05, 4.69) is 15.6 Å². The van der Waals surface area contributed by atoms with E-state index < -0.39 is 16.1 Å². The molecule has 4 rings (SSSR count). The van der Waals surface area contributed by atoms with E-state index in [1.807, 2.05) is 12.1 Å². The topological polar surface area (TPSA) is 108 Å². The van der Waals surface area contributed by atoms with Crippen molar-refractivity contribution in [2.24, 2.45) is 0 Å². The number of hydrogen-bond donors (Lipinski definition) is 2. The molecule has 1 saturated heterocycles. The summed E-state index contributed by atoms with van der Waals surface area (Å²) in [4.78, 5) is 29.4. The van der Waals surface area contributed by atoms with E-state index >= 15 is 0 Å². The number of aromatic nitrogens is 1. The molecule has 8 nitrogen and oxygen atoms in total. The maximum absolute atomic E-state index is 13.6. The van der Waals surface area contributed by atoms with E-state index in [9.17, 15) is 18.0 Å². The smallest absolute Gasteiger partial charge is 0.251 e. The van der Waals surface area contributed by atoms with Gasteiger partial charge in [-0.05, 0) is 78.9 Å². The zero-order valence-electron chi connectivity index (χ0n) is 19.6. The average Bonchev–Trinajstić information content (AvgIpc) is 3.11. The Bertz CT molecular complexity index is 1300. The zero-order valence-corrected chi connectivity index (χ0v) is 21.1. The highest BCUT2D eigenvalue weighted by molar-refractivity contribution is 7.89. The Morgan fingerprint density at radius 3 is 2.39 bits per heavy atom. The first kappa shape index (κ1) is 25.8. The molecule has 1 aromatic heterocycles. The number of carbonyl (C=O) groups excluding carboxylic acids is 2. The third-order valence-electron chi connectivity index (χ3n) is 6.03. The minimum atomic E-state index is -4.00. The van der Waals surface area contributed by atoms with Crippen molar-refractivity contribution in [3.05, 3.63) is 94.8 Å². The van der Waals surface area contributed by atoms with E-state index in [1.54, 1.807) is 36.7 Å². The van der Waals surface area contributed by atoms with Crippen LogP contribution in [0.1, 0.15) is 40.7 Å². The van der Waals surface area contributed by atoms with E-state index in [0.717, 1.165) is 18.4 Å². The molecule has 0 saturated carbocycles. The number of rotatable bonds is 8. The molecule has 36 heavy (non-hydrogen) atoms. The van der Waals surface area contributed by atoms with Crippen LogP contribution in [0.15, 0.2) is 78.0 Å². The number of hydrogen-bond acceptors (Lipinski definition) is 5. The molecule has 0 bridgehead atoms. The molecule has 2 aromatic carbocycles. The molecule has 0 unspecified atom stereocenters. The molecule has 1 fully saturated rings. The fraction of sp³-hybridized carbons (Fsp3) is 0.269. The maximum atomic E-state index is 13.6. The number of carbonyl (C=O) groups is 2. The first-order valence-corrected chi connectivity index (χ1v) is 13.5. The lowest BCUT2D eigenvalue weighted by molar-refractivity contribution is -0.124. The van der Waals surface area contributed by atoms with Crippen LogP contribution in [0.25, 0.3) is 0 Å². The van der Waals surface area contributed by atoms with Crippen molar-refractivity contribution in [2.45, 2.75) is 43.3 Å². The first-order valence-electron chi connectivity index (χ1n) is 11.7. The summed E-state index contributed by atoms with van der Waals surface area (Å²) in [5.41, 5.74) is 2.04. The number of nitrogens with one attached hydrogen (secondary N) is 2. The van der Waals surface area contributed by atoms with Gasteiger partial charge in [0.05, 0.1) is 4.90 Å². The standard InChI is InChI=1S/C26H27ClN4O4S/c27-22-8-10-23(11-9-22)36(34,35)31(24-3-1-2-14-29-26(24)33)18-20-4-6-21(7-5-20)25(32)30-17-19-12-15-28-16-13-19/h4-13,15-16,24H,1-3,14,17-18H2,(H,29,33)(H,30,32)/t24-/m1/s1. The predicted octanol–water partition coefficient (Wildman–Crippen LogP) is 3.52. The van der Waals surface area contributed by atoms with Crippen LogP contribution in [-0.2, 0) is 27.9 Å². The fourth-order valence-corrected chi connectivity index (χ4v) is 5.76. The molecule has 2 amide bonds. The number of sulfonamides is 1. The van der Waals surface area contributed by atoms with Crippen LogP contribution in [0.2, 0.25) is 5.02 Å². The molecule has 1 atom stereocenters. The normalized spacial score (nSPS) is 16.3. The Labute approximate surface area is 215 Å². The van der Waals surface area contributed by atoms with Crippen LogP contribution < -0.4 is 10.6 Å². The monoisotopic (exact) mass is 526 g/mol. The maximum Gasteiger partial charge on any atom is 0.251 e. The second-order valence-corrected chi connectivity index (χ2v) is 10.9. The number of nitrogens with zero attached hydrogens (tertiary/aromatic N) is 2. The van der Waals surface area contributed by atoms with Gasteiger partial charge in [0.25, 0.3) is 5.91 Å². The summed E-state index contributed by atoms with van der Waals surface area (Å²) in [6.07, 6.45) is 5.27. The second-order valence-electron chi connectivity index (χ2n) is 8.54. The summed E-state index contributed by atoms with van der Waals surface area (Å²) < 4.78 is 28.5. The van der Waals surface area contributed by atoms with Crippen LogP contribution in [0, 0.1) is 0 Å². The molecule has 3 aromatic rings. The minimum Gasteiger partial charge on any atom is -0.355 e. The van der Waals surface area contributed by atoms with Crippen LogP contribution >= 0.6 is 11.6 Å². The Hall–Kier alpha value is -3.27. The van der Waals surface area contributed by atoms with Gasteiger partial charge in [-0.25, -0.2) is 8.42 Å². The summed E-state index contributed by atoms with van der Waals surface area (Å²) >= 11 is 5.95. The van der Waals surface area contributed by atoms with Gasteiger partial charge >= 0.3 is 0 Å². The molecular weight excluding hydrogens is 500 g/mol. The summed E-state index contributed by atoms with van der Waals surface area (Å²) in [7, 11) is -4.00. The van der Waals surface area contributed by atoms with Gasteiger partial charge in [0.1, 0.15) is 6.04 Å². The minimum absolute atomic E-state index is 0.0119. The lowest BCUT2D eigenvalue weighted by Crippen LogP contribution is -2.48. The molecule has 2 heterocycles. The third kappa shape index (κ3) is 6.29. The molecular formula is C26H27ClN4O4S. The average molecular weight is 527 g/mol. The van der Waals surface area contributed by atoms with Crippen molar-refractivity contribution in [3.8, 4) is 0 Å². The van der Waals surface area contributed by atoms with Gasteiger partial charge in [-0.2, -0.15) is 4.31 Å². The number of amides is 2. The highest BCUT2D eigenvalue weighted by Crippen LogP contribution is 2.26. The van der Waals surface area contributed by atoms with Crippen LogP contribution in [0.5, 0.6) is 0 Å². The van der Waals surface area contributed by atoms with Gasteiger partial charge in [0.15, 0.2) is 0 Å². The summed E-state index contributed by atoms with van der Waals surface area (Å²) in [5.74, 6) is -0.552. The van der Waals surface area contributed by atoms with Crippen molar-refractivity contribution in [2.75, 3.05) is 6.54 Å². The number of benzene rings is 2. The molecule has 1 aliphatic rings. The molecule has 1 aliphatic heterocycles. The second kappa shape index (κ2) is 11.6. The molecule has 0 aliphatic carbocycles. The molecule has 10 heteroatoms. The lowest BCUT2D eigenvalue weighted by atomic mass is 10.1. The van der Waals surface area contributed by atoms with Gasteiger partial charge in [0.2, 0.25) is 15.9 Å². The number of halogens is 1.